The highest BCUT2D eigenvalue weighted by Crippen LogP contribution is 2.30. The number of carbonyl (C=O) groups excluding carboxylic acids is 3. The molecule has 0 aromatic carbocycles. The predicted octanol–water partition coefficient (Wildman–Crippen LogP) is -0.524. The first kappa shape index (κ1) is 62.5. The molecule has 12 N–H and O–H groups in total. The van der Waals surface area contributed by atoms with Crippen molar-refractivity contribution in [3.05, 3.63) is 24.0 Å². The molecule has 1 aromatic heterocycles. The first-order valence-corrected chi connectivity index (χ1v) is 23.3. The Morgan fingerprint density at radius 1 is 0.721 bits per heavy atom. The van der Waals surface area contributed by atoms with Gasteiger partial charge in [0, 0.05) is 78.7 Å². The normalized spacial score (nSPS) is 15.4. The van der Waals surface area contributed by atoms with Crippen molar-refractivity contribution in [3.63, 3.8) is 0 Å². The van der Waals surface area contributed by atoms with E-state index in [4.69, 9.17) is 30.6 Å². The fourth-order valence-corrected chi connectivity index (χ4v) is 6.46. The van der Waals surface area contributed by atoms with E-state index in [1.807, 2.05) is 27.7 Å². The third kappa shape index (κ3) is 33.9. The minimum absolute atomic E-state index is 0.0678. The lowest BCUT2D eigenvalue weighted by Gasteiger charge is -2.32. The smallest absolute Gasteiger partial charge is 0.317 e. The predicted molar refractivity (Wildman–Crippen MR) is 254 cm³/mol. The third-order valence-corrected chi connectivity index (χ3v) is 9.99. The molecule has 2 heterocycles. The van der Waals surface area contributed by atoms with Crippen molar-refractivity contribution in [2.24, 2.45) is 21.7 Å². The average molecular weight is 989 g/mol. The molecule has 386 valence electrons. The van der Waals surface area contributed by atoms with Crippen molar-refractivity contribution in [2.45, 2.75) is 72.8 Å². The molecule has 2 rings (SSSR count). The van der Waals surface area contributed by atoms with Gasteiger partial charge in [-0.25, -0.2) is 0 Å². The molecular formula is C41H73N12O14P. The van der Waals surface area contributed by atoms with Crippen LogP contribution in [0.2, 0.25) is 0 Å². The molecule has 68 heavy (non-hydrogen) atoms. The number of aromatic nitrogens is 1. The van der Waals surface area contributed by atoms with Crippen LogP contribution in [0.4, 0.5) is 5.69 Å². The number of nitrogens with one attached hydrogen (secondary N) is 3. The van der Waals surface area contributed by atoms with Gasteiger partial charge >= 0.3 is 17.9 Å². The molecule has 1 fully saturated rings. The molecule has 1 saturated heterocycles. The van der Waals surface area contributed by atoms with E-state index >= 15 is 0 Å². The fourth-order valence-electron chi connectivity index (χ4n) is 5.76. The molecule has 26 nitrogen and oxygen atoms in total. The topological polar surface area (TPSA) is 378 Å². The molecule has 1 aromatic rings. The maximum atomic E-state index is 12.9. The van der Waals surface area contributed by atoms with Crippen molar-refractivity contribution in [3.8, 4) is 0 Å². The molecule has 1 atom stereocenters. The minimum Gasteiger partial charge on any atom is -0.481 e. The number of carboxylic acid groups (broad SMARTS) is 4. The number of nitrogens with two attached hydrogens (primary N) is 2. The van der Waals surface area contributed by atoms with E-state index in [1.165, 1.54) is 6.20 Å². The molecule has 0 aliphatic carbocycles. The van der Waals surface area contributed by atoms with Gasteiger partial charge in [-0.15, -0.1) is 10.2 Å². The number of aliphatic carboxylic acids is 4. The Balaban J connectivity index is 0.00000708. The lowest BCUT2D eigenvalue weighted by molar-refractivity contribution is -0.140. The second-order valence-corrected chi connectivity index (χ2v) is 16.8. The van der Waals surface area contributed by atoms with Crippen LogP contribution < -0.4 is 27.4 Å². The van der Waals surface area contributed by atoms with Crippen molar-refractivity contribution >= 4 is 67.3 Å². The summed E-state index contributed by atoms with van der Waals surface area (Å²) < 4.78 is 11.4. The van der Waals surface area contributed by atoms with E-state index < -0.39 is 43.8 Å². The van der Waals surface area contributed by atoms with Crippen molar-refractivity contribution < 1.29 is 68.1 Å². The maximum absolute atomic E-state index is 12.9. The van der Waals surface area contributed by atoms with Gasteiger partial charge in [-0.05, 0) is 45.7 Å². The maximum Gasteiger partial charge on any atom is 0.317 e. The summed E-state index contributed by atoms with van der Waals surface area (Å²) in [4.78, 5) is 102. The van der Waals surface area contributed by atoms with E-state index in [1.54, 1.807) is 38.7 Å². The number of amidine groups is 2. The van der Waals surface area contributed by atoms with Gasteiger partial charge in [0.25, 0.3) is 5.97 Å². The standard InChI is InChI=1S/C37H63N12O12P.C2H4O2.C2H6/c1-27(38)44-45-36(39)29-8-7-28(21-41-29)43-31(51)6-4-5-30(50)40-10-20-60-37(2,3)9-19-61-62(59)26-42-32(52)22-46-11-13-47(23-33(53)54)15-17-49(25-35(57)58)18-16-48(14-12-46)24-34(55)56;1-2(3)4;1-2/h7-8,21,59H,4-6,9-20,22-26H2,1-3H3,(H2,38,44)(H2,39,45)(H,40,50)(H,42,52)(H,43,51)(H,53,54)(H,55,56)(H,57,58);1H3,(H,3,4);1-2H3. The molecule has 0 radical (unpaired) electrons. The Labute approximate surface area is 398 Å². The zero-order valence-corrected chi connectivity index (χ0v) is 40.9. The Morgan fingerprint density at radius 3 is 1.63 bits per heavy atom. The monoisotopic (exact) mass is 989 g/mol. The van der Waals surface area contributed by atoms with Crippen LogP contribution in [0.15, 0.2) is 28.5 Å². The summed E-state index contributed by atoms with van der Waals surface area (Å²) in [5.41, 5.74) is 11.4. The van der Waals surface area contributed by atoms with E-state index in [0.717, 1.165) is 6.92 Å². The van der Waals surface area contributed by atoms with Crippen LogP contribution in [0.3, 0.4) is 0 Å². The molecule has 1 aliphatic rings. The van der Waals surface area contributed by atoms with Gasteiger partial charge in [-0.2, -0.15) is 0 Å². The summed E-state index contributed by atoms with van der Waals surface area (Å²) in [6.45, 7) is 12.1. The molecule has 3 amide bonds. The first-order valence-electron chi connectivity index (χ1n) is 21.9. The summed E-state index contributed by atoms with van der Waals surface area (Å²) in [5, 5.41) is 51.1. The summed E-state index contributed by atoms with van der Waals surface area (Å²) in [7, 11) is -2.02. The molecular weight excluding hydrogens is 915 g/mol. The lowest BCUT2D eigenvalue weighted by Crippen LogP contribution is -2.49. The van der Waals surface area contributed by atoms with Gasteiger partial charge in [0.2, 0.25) is 17.7 Å². The zero-order valence-electron chi connectivity index (χ0n) is 40.0. The van der Waals surface area contributed by atoms with Crippen molar-refractivity contribution in [2.75, 3.05) is 110 Å². The van der Waals surface area contributed by atoms with E-state index in [-0.39, 0.29) is 141 Å². The van der Waals surface area contributed by atoms with E-state index in [9.17, 15) is 49.0 Å². The number of amides is 3. The van der Waals surface area contributed by atoms with Gasteiger partial charge in [0.05, 0.1) is 63.2 Å². The van der Waals surface area contributed by atoms with Crippen LogP contribution in [0.5, 0.6) is 0 Å². The highest BCUT2D eigenvalue weighted by molar-refractivity contribution is 7.46. The number of nitrogens with zero attached hydrogens (tertiary/aromatic N) is 7. The van der Waals surface area contributed by atoms with E-state index in [2.05, 4.69) is 31.1 Å². The van der Waals surface area contributed by atoms with Crippen LogP contribution in [-0.2, 0) is 42.8 Å². The zero-order chi connectivity index (χ0) is 51.7. The second-order valence-electron chi connectivity index (χ2n) is 15.5. The second kappa shape index (κ2) is 35.6. The van der Waals surface area contributed by atoms with Gasteiger partial charge in [-0.3, -0.25) is 58.1 Å². The van der Waals surface area contributed by atoms with Crippen LogP contribution >= 0.6 is 8.38 Å². The van der Waals surface area contributed by atoms with Crippen LogP contribution in [0.25, 0.3) is 0 Å². The van der Waals surface area contributed by atoms with Crippen molar-refractivity contribution in [1.29, 1.82) is 0 Å². The molecule has 0 saturated carbocycles. The molecule has 0 spiro atoms. The molecule has 0 bridgehead atoms. The summed E-state index contributed by atoms with van der Waals surface area (Å²) in [6.07, 6.45) is 2.25. The van der Waals surface area contributed by atoms with Gasteiger partial charge < -0.3 is 62.0 Å². The highest BCUT2D eigenvalue weighted by atomic mass is 31.2. The van der Waals surface area contributed by atoms with Gasteiger partial charge in [0.1, 0.15) is 11.5 Å². The first-order chi connectivity index (χ1) is 32.0. The number of anilines is 1. The van der Waals surface area contributed by atoms with Crippen molar-refractivity contribution in [1.82, 2.24) is 35.2 Å². The summed E-state index contributed by atoms with van der Waals surface area (Å²) in [6, 6.07) is 3.19. The Kier molecular flexibility index (Phi) is 32.8. The number of carbonyl (C=O) groups is 7. The number of rotatable bonds is 25. The van der Waals surface area contributed by atoms with Crippen LogP contribution in [0.1, 0.15) is 72.9 Å². The minimum atomic E-state index is -2.02. The number of ether oxygens (including phenoxy) is 1. The number of hydrogen-bond donors (Lipinski definition) is 10. The molecule has 1 unspecified atom stereocenters. The van der Waals surface area contributed by atoms with Gasteiger partial charge in [-0.1, -0.05) is 13.8 Å². The summed E-state index contributed by atoms with van der Waals surface area (Å²) >= 11 is 0. The number of pyridine rings is 1. The van der Waals surface area contributed by atoms with Crippen LogP contribution in [-0.4, -0.2) is 213 Å². The van der Waals surface area contributed by atoms with Crippen LogP contribution in [0, 0.1) is 0 Å². The van der Waals surface area contributed by atoms with E-state index in [0.29, 0.717) is 24.2 Å². The fraction of sp³-hybridized carbons (Fsp3) is 0.659. The Bertz CT molecular complexity index is 1730. The average Bonchev–Trinajstić information content (AvgIpc) is 3.24. The summed E-state index contributed by atoms with van der Waals surface area (Å²) in [5.74, 6) is -4.61. The Morgan fingerprint density at radius 2 is 1.19 bits per heavy atom. The SMILES string of the molecule is C/C(N)=N/N=C(\N)c1ccc(NC(=O)CCCC(=O)NCCOC(C)(C)CCOP(O)CNC(=O)CN2CCN(CC(=O)O)CCN(CC(=O)O)CCN(CC(=O)O)CC2)cn1.CC.CC(=O)O. The third-order valence-electron chi connectivity index (χ3n) is 9.08. The van der Waals surface area contributed by atoms with Gasteiger partial charge in [0.15, 0.2) is 14.2 Å². The lowest BCUT2D eigenvalue weighted by atomic mass is 10.1. The Hall–Kier alpha value is -5.47. The molecule has 1 aliphatic heterocycles. The molecule has 27 heteroatoms. The highest BCUT2D eigenvalue weighted by Gasteiger charge is 2.23. The largest absolute Gasteiger partial charge is 0.481 e. The number of carboxylic acids is 4. The number of hydrogen-bond acceptors (Lipinski definition) is 17. The quantitative estimate of drug-likeness (QED) is 0.0194.